The molecule has 1 unspecified atom stereocenters. The van der Waals surface area contributed by atoms with Crippen LogP contribution in [0.2, 0.25) is 0 Å². The van der Waals surface area contributed by atoms with Gasteiger partial charge in [-0.3, -0.25) is 0 Å². The van der Waals surface area contributed by atoms with Crippen molar-refractivity contribution in [2.45, 2.75) is 17.7 Å². The minimum absolute atomic E-state index is 0.0110. The fourth-order valence-corrected chi connectivity index (χ4v) is 1.45. The van der Waals surface area contributed by atoms with Crippen LogP contribution in [0.5, 0.6) is 0 Å². The van der Waals surface area contributed by atoms with Crippen molar-refractivity contribution in [3.05, 3.63) is 23.7 Å². The number of hydrogen-bond acceptors (Lipinski definition) is 1. The molecular formula is C7H8BrFO. The average Bonchev–Trinajstić information content (AvgIpc) is 1.54. The summed E-state index contributed by atoms with van der Waals surface area (Å²) in [6.07, 6.45) is 3.01. The molecule has 10 heavy (non-hydrogen) atoms. The van der Waals surface area contributed by atoms with Gasteiger partial charge in [0.1, 0.15) is 11.6 Å². The highest BCUT2D eigenvalue weighted by molar-refractivity contribution is 9.10. The number of alkyl halides is 1. The Morgan fingerprint density at radius 1 is 1.80 bits per heavy atom. The number of rotatable bonds is 0. The molecule has 0 saturated heterocycles. The Kier molecular flexibility index (Phi) is 1.86. The van der Waals surface area contributed by atoms with E-state index in [2.05, 4.69) is 15.9 Å². The van der Waals surface area contributed by atoms with Gasteiger partial charge in [-0.2, -0.15) is 0 Å². The third-order valence-electron chi connectivity index (χ3n) is 1.27. The summed E-state index contributed by atoms with van der Waals surface area (Å²) in [5.74, 6) is -0.303. The molecule has 1 aliphatic rings. The summed E-state index contributed by atoms with van der Waals surface area (Å²) in [4.78, 5) is 0. The highest BCUT2D eigenvalue weighted by atomic mass is 79.9. The monoisotopic (exact) mass is 206 g/mol. The molecule has 0 heterocycles. The first-order valence-corrected chi connectivity index (χ1v) is 3.76. The molecule has 0 aromatic heterocycles. The van der Waals surface area contributed by atoms with Crippen molar-refractivity contribution in [2.24, 2.45) is 0 Å². The first-order chi connectivity index (χ1) is 4.49. The number of halogens is 2. The molecule has 0 fully saturated rings. The van der Waals surface area contributed by atoms with E-state index in [1.54, 1.807) is 13.0 Å². The molecule has 1 aliphatic carbocycles. The molecule has 1 rings (SSSR count). The van der Waals surface area contributed by atoms with Crippen LogP contribution >= 0.6 is 15.9 Å². The minimum Gasteiger partial charge on any atom is -0.508 e. The minimum atomic E-state index is -0.421. The van der Waals surface area contributed by atoms with Gasteiger partial charge in [0.15, 0.2) is 0 Å². The molecule has 3 heteroatoms. The molecule has 0 spiro atoms. The van der Waals surface area contributed by atoms with Gasteiger partial charge in [0.2, 0.25) is 0 Å². The van der Waals surface area contributed by atoms with Crippen LogP contribution in [0.25, 0.3) is 0 Å². The molecule has 0 saturated carbocycles. The largest absolute Gasteiger partial charge is 0.508 e. The number of allylic oxidation sites excluding steroid dienone is 3. The van der Waals surface area contributed by atoms with E-state index in [1.165, 1.54) is 0 Å². The molecule has 0 amide bonds. The van der Waals surface area contributed by atoms with Crippen LogP contribution in [0, 0.1) is 0 Å². The van der Waals surface area contributed by atoms with Crippen molar-refractivity contribution in [3.8, 4) is 0 Å². The van der Waals surface area contributed by atoms with Crippen LogP contribution in [0.4, 0.5) is 4.39 Å². The number of aliphatic hydroxyl groups excluding tert-OH is 1. The molecule has 1 N–H and O–H groups in total. The third-order valence-corrected chi connectivity index (χ3v) is 1.78. The van der Waals surface area contributed by atoms with Crippen molar-refractivity contribution < 1.29 is 9.50 Å². The van der Waals surface area contributed by atoms with Crippen molar-refractivity contribution >= 4 is 15.9 Å². The molecular weight excluding hydrogens is 199 g/mol. The molecule has 1 nitrogen and oxygen atoms in total. The Bertz CT molecular complexity index is 206. The SMILES string of the molecule is CC1(Br)C=C(O)C=C(F)C1. The maximum absolute atomic E-state index is 12.6. The van der Waals surface area contributed by atoms with E-state index in [0.29, 0.717) is 6.42 Å². The second-order valence-corrected chi connectivity index (χ2v) is 4.43. The summed E-state index contributed by atoms with van der Waals surface area (Å²) in [7, 11) is 0. The van der Waals surface area contributed by atoms with Gasteiger partial charge in [-0.15, -0.1) is 0 Å². The van der Waals surface area contributed by atoms with Crippen LogP contribution in [0.3, 0.4) is 0 Å². The Balaban J connectivity index is 2.88. The summed E-state index contributed by atoms with van der Waals surface area (Å²) in [6.45, 7) is 1.80. The normalized spacial score (nSPS) is 33.1. The molecule has 0 aromatic carbocycles. The van der Waals surface area contributed by atoms with Crippen LogP contribution in [-0.4, -0.2) is 9.43 Å². The summed E-state index contributed by atoms with van der Waals surface area (Å²) in [6, 6.07) is 0. The van der Waals surface area contributed by atoms with Gasteiger partial charge in [0.25, 0.3) is 0 Å². The predicted octanol–water partition coefficient (Wildman–Crippen LogP) is 2.84. The van der Waals surface area contributed by atoms with E-state index < -0.39 is 4.32 Å². The van der Waals surface area contributed by atoms with E-state index in [-0.39, 0.29) is 11.6 Å². The van der Waals surface area contributed by atoms with Crippen molar-refractivity contribution in [3.63, 3.8) is 0 Å². The van der Waals surface area contributed by atoms with Crippen LogP contribution < -0.4 is 0 Å². The summed E-state index contributed by atoms with van der Waals surface area (Å²) < 4.78 is 12.1. The maximum Gasteiger partial charge on any atom is 0.115 e. The fourth-order valence-electron chi connectivity index (χ4n) is 0.943. The first-order valence-electron chi connectivity index (χ1n) is 2.96. The predicted molar refractivity (Wildman–Crippen MR) is 41.9 cm³/mol. The van der Waals surface area contributed by atoms with Crippen molar-refractivity contribution in [1.29, 1.82) is 0 Å². The molecule has 56 valence electrons. The third kappa shape index (κ3) is 1.84. The zero-order valence-electron chi connectivity index (χ0n) is 5.56. The summed E-state index contributed by atoms with van der Waals surface area (Å²) >= 11 is 3.26. The van der Waals surface area contributed by atoms with Crippen molar-refractivity contribution in [1.82, 2.24) is 0 Å². The van der Waals surface area contributed by atoms with Crippen molar-refractivity contribution in [2.75, 3.05) is 0 Å². The Hall–Kier alpha value is -0.310. The molecule has 1 atom stereocenters. The van der Waals surface area contributed by atoms with Gasteiger partial charge >= 0.3 is 0 Å². The molecule has 0 radical (unpaired) electrons. The highest BCUT2D eigenvalue weighted by Crippen LogP contribution is 2.32. The van der Waals surface area contributed by atoms with Gasteiger partial charge in [-0.1, -0.05) is 15.9 Å². The smallest absolute Gasteiger partial charge is 0.115 e. The summed E-state index contributed by atoms with van der Waals surface area (Å²) in [5.41, 5.74) is 0. The quantitative estimate of drug-likeness (QED) is 0.605. The Morgan fingerprint density at radius 3 is 2.80 bits per heavy atom. The lowest BCUT2D eigenvalue weighted by atomic mass is 10.0. The fraction of sp³-hybridized carbons (Fsp3) is 0.429. The Morgan fingerprint density at radius 2 is 2.40 bits per heavy atom. The van der Waals surface area contributed by atoms with E-state index in [4.69, 9.17) is 5.11 Å². The number of aliphatic hydroxyl groups is 1. The lowest BCUT2D eigenvalue weighted by molar-refractivity contribution is 0.410. The van der Waals surface area contributed by atoms with Crippen LogP contribution in [-0.2, 0) is 0 Å². The van der Waals surface area contributed by atoms with Gasteiger partial charge in [0.05, 0.1) is 4.32 Å². The zero-order valence-corrected chi connectivity index (χ0v) is 7.15. The topological polar surface area (TPSA) is 20.2 Å². The molecule has 0 aliphatic heterocycles. The van der Waals surface area contributed by atoms with Gasteiger partial charge in [-0.05, 0) is 13.0 Å². The van der Waals surface area contributed by atoms with E-state index in [0.717, 1.165) is 6.08 Å². The first kappa shape index (κ1) is 7.79. The lowest BCUT2D eigenvalue weighted by Gasteiger charge is -2.20. The second-order valence-electron chi connectivity index (χ2n) is 2.62. The second kappa shape index (κ2) is 2.38. The standard InChI is InChI=1S/C7H8BrFO/c1-7(8)3-5(9)2-6(10)4-7/h2,4,10H,3H2,1H3. The zero-order chi connectivity index (χ0) is 7.78. The van der Waals surface area contributed by atoms with Gasteiger partial charge in [0, 0.05) is 12.5 Å². The summed E-state index contributed by atoms with van der Waals surface area (Å²) in [5, 5.41) is 8.93. The average molecular weight is 207 g/mol. The van der Waals surface area contributed by atoms with Gasteiger partial charge in [-0.25, -0.2) is 4.39 Å². The number of hydrogen-bond donors (Lipinski definition) is 1. The van der Waals surface area contributed by atoms with Crippen LogP contribution in [0.1, 0.15) is 13.3 Å². The van der Waals surface area contributed by atoms with E-state index in [1.807, 2.05) is 0 Å². The van der Waals surface area contributed by atoms with E-state index in [9.17, 15) is 4.39 Å². The molecule has 0 bridgehead atoms. The van der Waals surface area contributed by atoms with E-state index >= 15 is 0 Å². The highest BCUT2D eigenvalue weighted by Gasteiger charge is 2.23. The Labute approximate surface area is 67.4 Å². The lowest BCUT2D eigenvalue weighted by Crippen LogP contribution is -2.15. The van der Waals surface area contributed by atoms with Crippen LogP contribution in [0.15, 0.2) is 23.7 Å². The molecule has 0 aromatic rings. The maximum atomic E-state index is 12.6. The van der Waals surface area contributed by atoms with Gasteiger partial charge < -0.3 is 5.11 Å².